The zero-order valence-corrected chi connectivity index (χ0v) is 13.4. The number of carbonyl (C=O) groups excluding carboxylic acids is 2. The number of pyridine rings is 1. The van der Waals surface area contributed by atoms with Gasteiger partial charge in [-0.1, -0.05) is 39.7 Å². The van der Waals surface area contributed by atoms with E-state index in [1.807, 2.05) is 0 Å². The molecular formula is C15H11BrClNO3. The van der Waals surface area contributed by atoms with Crippen molar-refractivity contribution >= 4 is 39.3 Å². The second kappa shape index (κ2) is 6.83. The first kappa shape index (κ1) is 15.7. The number of halogens is 2. The highest BCUT2D eigenvalue weighted by Gasteiger charge is 2.20. The lowest BCUT2D eigenvalue weighted by Crippen LogP contribution is -2.24. The number of esters is 1. The van der Waals surface area contributed by atoms with Crippen LogP contribution in [-0.4, -0.2) is 22.8 Å². The van der Waals surface area contributed by atoms with Crippen LogP contribution in [0.4, 0.5) is 0 Å². The maximum Gasteiger partial charge on any atom is 0.340 e. The van der Waals surface area contributed by atoms with Gasteiger partial charge < -0.3 is 4.74 Å². The third kappa shape index (κ3) is 4.12. The van der Waals surface area contributed by atoms with Gasteiger partial charge in [0.15, 0.2) is 6.10 Å². The Morgan fingerprint density at radius 3 is 2.33 bits per heavy atom. The van der Waals surface area contributed by atoms with Crippen LogP contribution in [-0.2, 0) is 4.74 Å². The lowest BCUT2D eigenvalue weighted by atomic mass is 10.1. The Bertz CT molecular complexity index is 656. The van der Waals surface area contributed by atoms with Crippen LogP contribution in [0.15, 0.2) is 47.1 Å². The Kier molecular flexibility index (Phi) is 5.09. The summed E-state index contributed by atoms with van der Waals surface area (Å²) in [5.74, 6) is -0.880. The molecule has 2 aromatic rings. The highest BCUT2D eigenvalue weighted by molar-refractivity contribution is 9.10. The summed E-state index contributed by atoms with van der Waals surface area (Å²) >= 11 is 8.94. The predicted molar refractivity (Wildman–Crippen MR) is 82.6 cm³/mol. The highest BCUT2D eigenvalue weighted by atomic mass is 79.9. The first-order valence-electron chi connectivity index (χ1n) is 6.09. The van der Waals surface area contributed by atoms with Gasteiger partial charge in [0, 0.05) is 16.2 Å². The number of benzene rings is 1. The minimum absolute atomic E-state index is 0.245. The molecule has 0 bridgehead atoms. The summed E-state index contributed by atoms with van der Waals surface area (Å²) in [4.78, 5) is 27.8. The van der Waals surface area contributed by atoms with Crippen molar-refractivity contribution in [1.82, 2.24) is 4.98 Å². The van der Waals surface area contributed by atoms with E-state index in [4.69, 9.17) is 16.3 Å². The van der Waals surface area contributed by atoms with Crippen LogP contribution < -0.4 is 0 Å². The van der Waals surface area contributed by atoms with Crippen LogP contribution in [0.25, 0.3) is 0 Å². The van der Waals surface area contributed by atoms with Crippen molar-refractivity contribution in [2.75, 3.05) is 0 Å². The van der Waals surface area contributed by atoms with Gasteiger partial charge in [-0.3, -0.25) is 4.79 Å². The summed E-state index contributed by atoms with van der Waals surface area (Å²) in [6, 6.07) is 9.82. The maximum atomic E-state index is 12.1. The summed E-state index contributed by atoms with van der Waals surface area (Å²) in [6.07, 6.45) is 0.427. The van der Waals surface area contributed by atoms with Crippen LogP contribution in [0.1, 0.15) is 27.6 Å². The van der Waals surface area contributed by atoms with Gasteiger partial charge in [0.05, 0.1) is 5.56 Å². The summed E-state index contributed by atoms with van der Waals surface area (Å²) in [5, 5.41) is 0.283. The zero-order chi connectivity index (χ0) is 15.4. The van der Waals surface area contributed by atoms with E-state index in [1.54, 1.807) is 24.3 Å². The number of hydrogen-bond acceptors (Lipinski definition) is 4. The molecule has 0 aliphatic carbocycles. The fraction of sp³-hybridized carbons (Fsp3) is 0.133. The number of ketones is 1. The molecule has 0 aliphatic heterocycles. The highest BCUT2D eigenvalue weighted by Crippen LogP contribution is 2.14. The molecule has 0 radical (unpaired) electrons. The Balaban J connectivity index is 2.05. The molecule has 0 N–H and O–H groups in total. The van der Waals surface area contributed by atoms with Crippen LogP contribution >= 0.6 is 27.5 Å². The van der Waals surface area contributed by atoms with Crippen molar-refractivity contribution in [2.24, 2.45) is 0 Å². The molecule has 1 aromatic carbocycles. The number of Topliss-reactive ketones (excluding diaryl/α,β-unsaturated/α-hetero) is 1. The second-order valence-corrected chi connectivity index (χ2v) is 5.59. The smallest absolute Gasteiger partial charge is 0.340 e. The van der Waals surface area contributed by atoms with Crippen LogP contribution in [0.3, 0.4) is 0 Å². The Morgan fingerprint density at radius 1 is 1.14 bits per heavy atom. The number of hydrogen-bond donors (Lipinski definition) is 0. The molecule has 6 heteroatoms. The van der Waals surface area contributed by atoms with Crippen molar-refractivity contribution in [3.8, 4) is 0 Å². The molecule has 0 fully saturated rings. The molecule has 0 spiro atoms. The van der Waals surface area contributed by atoms with Crippen LogP contribution in [0.5, 0.6) is 0 Å². The molecule has 0 saturated carbocycles. The van der Waals surface area contributed by atoms with E-state index in [0.29, 0.717) is 5.56 Å². The summed E-state index contributed by atoms with van der Waals surface area (Å²) in [6.45, 7) is 1.53. The number of aromatic nitrogens is 1. The molecule has 108 valence electrons. The zero-order valence-electron chi connectivity index (χ0n) is 11.0. The maximum absolute atomic E-state index is 12.1. The van der Waals surface area contributed by atoms with Crippen molar-refractivity contribution in [2.45, 2.75) is 13.0 Å². The molecule has 4 nitrogen and oxygen atoms in total. The minimum atomic E-state index is -0.880. The number of carbonyl (C=O) groups is 2. The molecule has 1 heterocycles. The Morgan fingerprint density at radius 2 is 1.76 bits per heavy atom. The topological polar surface area (TPSA) is 56.3 Å². The average molecular weight is 369 g/mol. The summed E-state index contributed by atoms with van der Waals surface area (Å²) in [7, 11) is 0. The predicted octanol–water partition coefficient (Wildman–Crippen LogP) is 3.93. The fourth-order valence-electron chi connectivity index (χ4n) is 1.63. The van der Waals surface area contributed by atoms with Gasteiger partial charge in [-0.2, -0.15) is 0 Å². The molecule has 0 saturated heterocycles. The summed E-state index contributed by atoms with van der Waals surface area (Å²) in [5.41, 5.74) is 0.725. The van der Waals surface area contributed by atoms with E-state index in [0.717, 1.165) is 4.47 Å². The monoisotopic (exact) mass is 367 g/mol. The fourth-order valence-corrected chi connectivity index (χ4v) is 2.00. The SMILES string of the molecule is C[C@H](OC(=O)c1ccc(Cl)nc1)C(=O)c1ccc(Br)cc1. The molecule has 0 aliphatic rings. The van der Waals surface area contributed by atoms with Crippen molar-refractivity contribution in [3.05, 3.63) is 63.3 Å². The Labute approximate surface area is 135 Å². The van der Waals surface area contributed by atoms with E-state index in [9.17, 15) is 9.59 Å². The van der Waals surface area contributed by atoms with Gasteiger partial charge in [0.2, 0.25) is 5.78 Å². The van der Waals surface area contributed by atoms with Crippen molar-refractivity contribution < 1.29 is 14.3 Å². The third-order valence-corrected chi connectivity index (χ3v) is 3.50. The van der Waals surface area contributed by atoms with Gasteiger partial charge in [0.25, 0.3) is 0 Å². The van der Waals surface area contributed by atoms with Crippen LogP contribution in [0.2, 0.25) is 5.15 Å². The largest absolute Gasteiger partial charge is 0.451 e. The normalized spacial score (nSPS) is 11.8. The third-order valence-electron chi connectivity index (χ3n) is 2.74. The molecule has 1 aromatic heterocycles. The average Bonchev–Trinajstić information content (AvgIpc) is 2.47. The van der Waals surface area contributed by atoms with E-state index >= 15 is 0 Å². The molecule has 21 heavy (non-hydrogen) atoms. The number of ether oxygens (including phenoxy) is 1. The van der Waals surface area contributed by atoms with Crippen molar-refractivity contribution in [1.29, 1.82) is 0 Å². The Hall–Kier alpha value is -1.72. The van der Waals surface area contributed by atoms with E-state index in [1.165, 1.54) is 25.3 Å². The summed E-state index contributed by atoms with van der Waals surface area (Å²) < 4.78 is 6.01. The lowest BCUT2D eigenvalue weighted by molar-refractivity contribution is 0.0318. The van der Waals surface area contributed by atoms with Gasteiger partial charge in [-0.25, -0.2) is 9.78 Å². The standard InChI is InChI=1S/C15H11BrClNO3/c1-9(14(19)10-2-5-12(16)6-3-10)21-15(20)11-4-7-13(17)18-8-11/h2-9H,1H3/t9-/m0/s1. The lowest BCUT2D eigenvalue weighted by Gasteiger charge is -2.12. The van der Waals surface area contributed by atoms with Crippen LogP contribution in [0, 0.1) is 0 Å². The van der Waals surface area contributed by atoms with Crippen molar-refractivity contribution in [3.63, 3.8) is 0 Å². The van der Waals surface area contributed by atoms with E-state index < -0.39 is 12.1 Å². The molecule has 0 unspecified atom stereocenters. The number of nitrogens with zero attached hydrogens (tertiary/aromatic N) is 1. The van der Waals surface area contributed by atoms with Gasteiger partial charge in [-0.05, 0) is 31.2 Å². The first-order chi connectivity index (χ1) is 9.97. The molecule has 2 rings (SSSR count). The first-order valence-corrected chi connectivity index (χ1v) is 7.27. The second-order valence-electron chi connectivity index (χ2n) is 4.29. The quantitative estimate of drug-likeness (QED) is 0.466. The minimum Gasteiger partial charge on any atom is -0.451 e. The van der Waals surface area contributed by atoms with E-state index in [2.05, 4.69) is 20.9 Å². The molecule has 0 amide bonds. The van der Waals surface area contributed by atoms with Gasteiger partial charge in [-0.15, -0.1) is 0 Å². The molecular weight excluding hydrogens is 358 g/mol. The number of rotatable bonds is 4. The molecule has 1 atom stereocenters. The van der Waals surface area contributed by atoms with Gasteiger partial charge >= 0.3 is 5.97 Å². The van der Waals surface area contributed by atoms with Gasteiger partial charge in [0.1, 0.15) is 5.15 Å². The van der Waals surface area contributed by atoms with E-state index in [-0.39, 0.29) is 16.5 Å².